The topological polar surface area (TPSA) is 33.1 Å². The first-order chi connectivity index (χ1) is 9.48. The zero-order valence-electron chi connectivity index (χ0n) is 13.7. The number of aromatic nitrogens is 2. The van der Waals surface area contributed by atoms with Gasteiger partial charge in [-0.05, 0) is 32.8 Å². The molecule has 2 unspecified atom stereocenters. The first kappa shape index (κ1) is 15.5. The van der Waals surface area contributed by atoms with Crippen molar-refractivity contribution in [2.75, 3.05) is 13.1 Å². The Morgan fingerprint density at radius 3 is 2.75 bits per heavy atom. The first-order valence-corrected chi connectivity index (χ1v) is 7.96. The summed E-state index contributed by atoms with van der Waals surface area (Å²) in [5, 5.41) is 8.21. The summed E-state index contributed by atoms with van der Waals surface area (Å²) in [7, 11) is 2.05. The van der Waals surface area contributed by atoms with Gasteiger partial charge in [0, 0.05) is 38.3 Å². The summed E-state index contributed by atoms with van der Waals surface area (Å²) in [6.07, 6.45) is 3.69. The second kappa shape index (κ2) is 6.27. The minimum atomic E-state index is 0.252. The molecule has 20 heavy (non-hydrogen) atoms. The van der Waals surface area contributed by atoms with Gasteiger partial charge in [-0.3, -0.25) is 9.58 Å². The molecular formula is C16H30N4. The van der Waals surface area contributed by atoms with E-state index in [2.05, 4.69) is 56.1 Å². The highest BCUT2D eigenvalue weighted by atomic mass is 15.3. The van der Waals surface area contributed by atoms with Crippen molar-refractivity contribution in [1.82, 2.24) is 20.0 Å². The first-order valence-electron chi connectivity index (χ1n) is 7.96. The highest BCUT2D eigenvalue weighted by Crippen LogP contribution is 2.26. The third-order valence-electron chi connectivity index (χ3n) is 4.83. The Balaban J connectivity index is 2.13. The van der Waals surface area contributed by atoms with E-state index < -0.39 is 0 Å². The predicted octanol–water partition coefficient (Wildman–Crippen LogP) is 2.47. The fourth-order valence-corrected chi connectivity index (χ4v) is 3.18. The smallest absolute Gasteiger partial charge is 0.0597 e. The molecule has 0 aliphatic carbocycles. The summed E-state index contributed by atoms with van der Waals surface area (Å²) in [5.74, 6) is 0. The lowest BCUT2D eigenvalue weighted by Crippen LogP contribution is -2.62. The van der Waals surface area contributed by atoms with Gasteiger partial charge in [-0.2, -0.15) is 5.10 Å². The van der Waals surface area contributed by atoms with Crippen molar-refractivity contribution in [3.63, 3.8) is 0 Å². The van der Waals surface area contributed by atoms with Crippen LogP contribution in [-0.4, -0.2) is 39.4 Å². The van der Waals surface area contributed by atoms with Crippen molar-refractivity contribution in [2.45, 2.75) is 65.1 Å². The van der Waals surface area contributed by atoms with E-state index in [4.69, 9.17) is 0 Å². The predicted molar refractivity (Wildman–Crippen MR) is 83.7 cm³/mol. The lowest BCUT2D eigenvalue weighted by atomic mass is 9.91. The molecule has 0 amide bonds. The van der Waals surface area contributed by atoms with Crippen LogP contribution in [0.4, 0.5) is 0 Å². The van der Waals surface area contributed by atoms with Crippen LogP contribution in [0.25, 0.3) is 0 Å². The van der Waals surface area contributed by atoms with Crippen molar-refractivity contribution in [3.05, 3.63) is 17.5 Å². The van der Waals surface area contributed by atoms with Crippen molar-refractivity contribution in [2.24, 2.45) is 7.05 Å². The molecule has 1 N–H and O–H groups in total. The van der Waals surface area contributed by atoms with E-state index in [1.807, 2.05) is 4.68 Å². The van der Waals surface area contributed by atoms with Gasteiger partial charge in [-0.25, -0.2) is 0 Å². The third kappa shape index (κ3) is 3.23. The third-order valence-corrected chi connectivity index (χ3v) is 4.83. The van der Waals surface area contributed by atoms with Gasteiger partial charge in [0.1, 0.15) is 0 Å². The zero-order chi connectivity index (χ0) is 14.8. The van der Waals surface area contributed by atoms with Crippen molar-refractivity contribution in [3.8, 4) is 0 Å². The van der Waals surface area contributed by atoms with Crippen LogP contribution in [0, 0.1) is 6.92 Å². The van der Waals surface area contributed by atoms with E-state index in [9.17, 15) is 0 Å². The van der Waals surface area contributed by atoms with E-state index in [1.165, 1.54) is 25.0 Å². The molecule has 1 aromatic rings. The van der Waals surface area contributed by atoms with Crippen molar-refractivity contribution in [1.29, 1.82) is 0 Å². The van der Waals surface area contributed by atoms with E-state index in [1.54, 1.807) is 0 Å². The van der Waals surface area contributed by atoms with E-state index in [0.29, 0.717) is 6.04 Å². The summed E-state index contributed by atoms with van der Waals surface area (Å²) in [6, 6.07) is 2.85. The van der Waals surface area contributed by atoms with E-state index in [0.717, 1.165) is 25.3 Å². The largest absolute Gasteiger partial charge is 0.311 e. The highest BCUT2D eigenvalue weighted by molar-refractivity contribution is 5.10. The fraction of sp³-hybridized carbons (Fsp3) is 0.812. The van der Waals surface area contributed by atoms with Crippen molar-refractivity contribution < 1.29 is 0 Å². The summed E-state index contributed by atoms with van der Waals surface area (Å²) in [5.41, 5.74) is 2.68. The average Bonchev–Trinajstić information content (AvgIpc) is 2.72. The Labute approximate surface area is 123 Å². The van der Waals surface area contributed by atoms with Crippen LogP contribution in [0.3, 0.4) is 0 Å². The maximum Gasteiger partial charge on any atom is 0.0597 e. The van der Waals surface area contributed by atoms with Gasteiger partial charge in [-0.1, -0.05) is 20.3 Å². The molecule has 0 bridgehead atoms. The summed E-state index contributed by atoms with van der Waals surface area (Å²) < 4.78 is 2.03. The number of hydrogen-bond acceptors (Lipinski definition) is 3. The molecule has 1 saturated heterocycles. The molecule has 2 atom stereocenters. The van der Waals surface area contributed by atoms with Crippen LogP contribution >= 0.6 is 0 Å². The molecule has 0 aromatic carbocycles. The summed E-state index contributed by atoms with van der Waals surface area (Å²) in [6.45, 7) is 12.2. The molecule has 1 aliphatic heterocycles. The van der Waals surface area contributed by atoms with Gasteiger partial charge in [-0.15, -0.1) is 0 Å². The second-order valence-corrected chi connectivity index (χ2v) is 6.50. The lowest BCUT2D eigenvalue weighted by Gasteiger charge is -2.48. The van der Waals surface area contributed by atoms with Gasteiger partial charge in [0.15, 0.2) is 0 Å². The molecule has 0 spiro atoms. The summed E-state index contributed by atoms with van der Waals surface area (Å²) >= 11 is 0. The normalized spacial score (nSPS) is 27.9. The number of hydrogen-bond donors (Lipinski definition) is 1. The molecule has 4 nitrogen and oxygen atoms in total. The standard InChI is InChI=1S/C16H30N4/c1-6-8-14-10-20(16(4,7-2)12-17-14)11-15-9-13(3)18-19(15)5/h9,14,17H,6-8,10-12H2,1-5H3. The molecule has 0 radical (unpaired) electrons. The van der Waals surface area contributed by atoms with Crippen LogP contribution in [-0.2, 0) is 13.6 Å². The van der Waals surface area contributed by atoms with Gasteiger partial charge in [0.2, 0.25) is 0 Å². The Kier molecular flexibility index (Phi) is 4.86. The van der Waals surface area contributed by atoms with Gasteiger partial charge in [0.25, 0.3) is 0 Å². The Hall–Kier alpha value is -0.870. The van der Waals surface area contributed by atoms with Gasteiger partial charge >= 0.3 is 0 Å². The minimum Gasteiger partial charge on any atom is -0.311 e. The molecule has 0 saturated carbocycles. The van der Waals surface area contributed by atoms with Gasteiger partial charge in [0.05, 0.1) is 11.4 Å². The van der Waals surface area contributed by atoms with Gasteiger partial charge < -0.3 is 5.32 Å². The van der Waals surface area contributed by atoms with E-state index >= 15 is 0 Å². The van der Waals surface area contributed by atoms with Crippen LogP contribution in [0.15, 0.2) is 6.07 Å². The molecule has 4 heteroatoms. The molecule has 114 valence electrons. The van der Waals surface area contributed by atoms with E-state index in [-0.39, 0.29) is 5.54 Å². The fourth-order valence-electron chi connectivity index (χ4n) is 3.18. The molecule has 2 rings (SSSR count). The molecule has 1 aromatic heterocycles. The highest BCUT2D eigenvalue weighted by Gasteiger charge is 2.36. The Bertz CT molecular complexity index is 440. The minimum absolute atomic E-state index is 0.252. The maximum atomic E-state index is 4.48. The quantitative estimate of drug-likeness (QED) is 0.898. The van der Waals surface area contributed by atoms with Crippen molar-refractivity contribution >= 4 is 0 Å². The molecule has 2 heterocycles. The van der Waals surface area contributed by atoms with Crippen LogP contribution in [0.5, 0.6) is 0 Å². The molecular weight excluding hydrogens is 248 g/mol. The van der Waals surface area contributed by atoms with Crippen LogP contribution < -0.4 is 5.32 Å². The molecule has 1 aliphatic rings. The second-order valence-electron chi connectivity index (χ2n) is 6.50. The van der Waals surface area contributed by atoms with Crippen LogP contribution in [0.2, 0.25) is 0 Å². The average molecular weight is 278 g/mol. The number of nitrogens with zero attached hydrogens (tertiary/aromatic N) is 3. The monoisotopic (exact) mass is 278 g/mol. The number of aryl methyl sites for hydroxylation is 2. The summed E-state index contributed by atoms with van der Waals surface area (Å²) in [4.78, 5) is 2.65. The SMILES string of the molecule is CCCC1CN(Cc2cc(C)nn2C)C(C)(CC)CN1. The lowest BCUT2D eigenvalue weighted by molar-refractivity contribution is 0.0377. The maximum absolute atomic E-state index is 4.48. The number of piperazine rings is 1. The molecule has 1 fully saturated rings. The zero-order valence-corrected chi connectivity index (χ0v) is 13.7. The number of nitrogens with one attached hydrogen (secondary N) is 1. The Morgan fingerprint density at radius 1 is 1.45 bits per heavy atom. The number of rotatable bonds is 5. The Morgan fingerprint density at radius 2 is 2.20 bits per heavy atom. The van der Waals surface area contributed by atoms with Crippen LogP contribution in [0.1, 0.15) is 51.4 Å².